The highest BCUT2D eigenvalue weighted by Crippen LogP contribution is 2.44. The monoisotopic (exact) mass is 364 g/mol. The molecule has 1 fully saturated rings. The number of hydrogen-bond acceptors (Lipinski definition) is 4. The third-order valence-corrected chi connectivity index (χ3v) is 5.83. The fourth-order valence-corrected chi connectivity index (χ4v) is 4.17. The van der Waals surface area contributed by atoms with Crippen molar-refractivity contribution in [1.29, 1.82) is 0 Å². The van der Waals surface area contributed by atoms with Crippen molar-refractivity contribution in [3.63, 3.8) is 0 Å². The zero-order chi connectivity index (χ0) is 18.0. The molecule has 0 unspecified atom stereocenters. The van der Waals surface area contributed by atoms with Crippen molar-refractivity contribution in [2.75, 3.05) is 12.4 Å². The molecule has 0 aliphatic heterocycles. The van der Waals surface area contributed by atoms with E-state index >= 15 is 0 Å². The molecule has 4 nitrogen and oxygen atoms in total. The van der Waals surface area contributed by atoms with Gasteiger partial charge in [0.25, 0.3) is 0 Å². The van der Waals surface area contributed by atoms with Crippen molar-refractivity contribution in [3.05, 3.63) is 65.5 Å². The van der Waals surface area contributed by atoms with E-state index in [1.54, 1.807) is 7.11 Å². The van der Waals surface area contributed by atoms with E-state index in [-0.39, 0.29) is 5.91 Å². The molecule has 1 heterocycles. The lowest BCUT2D eigenvalue weighted by Crippen LogP contribution is -2.45. The van der Waals surface area contributed by atoms with Crippen LogP contribution in [-0.2, 0) is 10.2 Å². The van der Waals surface area contributed by atoms with Crippen molar-refractivity contribution in [1.82, 2.24) is 4.98 Å². The first-order chi connectivity index (χ1) is 12.7. The molecule has 4 rings (SSSR count). The molecular formula is C21H20N2O2S. The number of methoxy groups -OCH3 is 1. The molecular weight excluding hydrogens is 344 g/mol. The molecule has 2 aromatic carbocycles. The highest BCUT2D eigenvalue weighted by molar-refractivity contribution is 7.14. The highest BCUT2D eigenvalue weighted by atomic mass is 32.1. The van der Waals surface area contributed by atoms with Gasteiger partial charge in [0.2, 0.25) is 5.91 Å². The lowest BCUT2D eigenvalue weighted by Gasteiger charge is -2.40. The Morgan fingerprint density at radius 3 is 2.54 bits per heavy atom. The molecule has 3 aromatic rings. The number of nitrogens with zero attached hydrogens (tertiary/aromatic N) is 1. The van der Waals surface area contributed by atoms with Gasteiger partial charge in [-0.25, -0.2) is 4.98 Å². The summed E-state index contributed by atoms with van der Waals surface area (Å²) in [5.74, 6) is 0.811. The van der Waals surface area contributed by atoms with Crippen LogP contribution in [0.25, 0.3) is 11.3 Å². The Kier molecular flexibility index (Phi) is 4.47. The molecule has 1 N–H and O–H groups in total. The van der Waals surface area contributed by atoms with Gasteiger partial charge in [0, 0.05) is 10.9 Å². The molecule has 1 aliphatic carbocycles. The fourth-order valence-electron chi connectivity index (χ4n) is 3.46. The van der Waals surface area contributed by atoms with Gasteiger partial charge in [-0.15, -0.1) is 11.3 Å². The topological polar surface area (TPSA) is 51.2 Å². The number of benzene rings is 2. The third-order valence-electron chi connectivity index (χ3n) is 5.08. The minimum absolute atomic E-state index is 0.0378. The summed E-state index contributed by atoms with van der Waals surface area (Å²) in [4.78, 5) is 17.6. The first-order valence-corrected chi connectivity index (χ1v) is 9.57. The number of carbonyl (C=O) groups excluding carboxylic acids is 1. The second-order valence-electron chi connectivity index (χ2n) is 6.49. The predicted octanol–water partition coefficient (Wildman–Crippen LogP) is 4.88. The standard InChI is InChI=1S/C21H20N2O2S/c1-25-18-11-6-5-10-16(18)17-14-26-20(22-17)23-19(24)21(12-7-13-21)15-8-3-2-4-9-15/h2-6,8-11,14H,7,12-13H2,1H3,(H,22,23,24). The Balaban J connectivity index is 1.57. The number of anilines is 1. The first-order valence-electron chi connectivity index (χ1n) is 8.69. The quantitative estimate of drug-likeness (QED) is 0.702. The fraction of sp³-hybridized carbons (Fsp3) is 0.238. The molecule has 0 spiro atoms. The van der Waals surface area contributed by atoms with Crippen LogP contribution >= 0.6 is 11.3 Å². The van der Waals surface area contributed by atoms with Gasteiger partial charge in [-0.1, -0.05) is 48.9 Å². The first kappa shape index (κ1) is 16.8. The molecule has 0 saturated heterocycles. The summed E-state index contributed by atoms with van der Waals surface area (Å²) in [5, 5.41) is 5.61. The Bertz CT molecular complexity index is 917. The Morgan fingerprint density at radius 2 is 1.85 bits per heavy atom. The third kappa shape index (κ3) is 2.88. The van der Waals surface area contributed by atoms with Gasteiger partial charge in [-0.2, -0.15) is 0 Å². The molecule has 1 aliphatic rings. The molecule has 0 bridgehead atoms. The van der Waals surface area contributed by atoms with Gasteiger partial charge in [-0.05, 0) is 30.5 Å². The number of nitrogens with one attached hydrogen (secondary N) is 1. The van der Waals surface area contributed by atoms with E-state index < -0.39 is 5.41 Å². The van der Waals surface area contributed by atoms with Crippen LogP contribution in [0.1, 0.15) is 24.8 Å². The van der Waals surface area contributed by atoms with E-state index in [4.69, 9.17) is 4.74 Å². The van der Waals surface area contributed by atoms with Crippen molar-refractivity contribution in [3.8, 4) is 17.0 Å². The number of carbonyl (C=O) groups is 1. The summed E-state index contributed by atoms with van der Waals surface area (Å²) in [7, 11) is 1.65. The maximum Gasteiger partial charge on any atom is 0.236 e. The largest absolute Gasteiger partial charge is 0.496 e. The van der Waals surface area contributed by atoms with Gasteiger partial charge in [-0.3, -0.25) is 4.79 Å². The Hall–Kier alpha value is -2.66. The zero-order valence-electron chi connectivity index (χ0n) is 14.6. The number of ether oxygens (including phenoxy) is 1. The molecule has 26 heavy (non-hydrogen) atoms. The van der Waals surface area contributed by atoms with Crippen LogP contribution in [0.2, 0.25) is 0 Å². The van der Waals surface area contributed by atoms with Gasteiger partial charge in [0.1, 0.15) is 5.75 Å². The van der Waals surface area contributed by atoms with Crippen molar-refractivity contribution in [2.24, 2.45) is 0 Å². The average Bonchev–Trinajstić information content (AvgIpc) is 3.10. The summed E-state index contributed by atoms with van der Waals surface area (Å²) in [6.07, 6.45) is 2.84. The second kappa shape index (κ2) is 6.92. The van der Waals surface area contributed by atoms with Crippen LogP contribution in [0.15, 0.2) is 60.0 Å². The van der Waals surface area contributed by atoms with E-state index in [0.717, 1.165) is 41.8 Å². The van der Waals surface area contributed by atoms with Crippen LogP contribution < -0.4 is 10.1 Å². The highest BCUT2D eigenvalue weighted by Gasteiger charge is 2.45. The maximum atomic E-state index is 13.0. The number of aromatic nitrogens is 1. The van der Waals surface area contributed by atoms with Crippen LogP contribution in [0.5, 0.6) is 5.75 Å². The van der Waals surface area contributed by atoms with Gasteiger partial charge >= 0.3 is 0 Å². The summed E-state index contributed by atoms with van der Waals surface area (Å²) in [5.41, 5.74) is 2.40. The van der Waals surface area contributed by atoms with E-state index in [1.165, 1.54) is 11.3 Å². The van der Waals surface area contributed by atoms with Gasteiger partial charge in [0.05, 0.1) is 18.2 Å². The maximum absolute atomic E-state index is 13.0. The smallest absolute Gasteiger partial charge is 0.236 e. The van der Waals surface area contributed by atoms with Crippen LogP contribution in [0.4, 0.5) is 5.13 Å². The number of hydrogen-bond donors (Lipinski definition) is 1. The van der Waals surface area contributed by atoms with E-state index in [0.29, 0.717) is 5.13 Å². The zero-order valence-corrected chi connectivity index (χ0v) is 15.4. The van der Waals surface area contributed by atoms with Crippen molar-refractivity contribution >= 4 is 22.4 Å². The van der Waals surface area contributed by atoms with Crippen LogP contribution in [0.3, 0.4) is 0 Å². The molecule has 1 amide bonds. The van der Waals surface area contributed by atoms with E-state index in [1.807, 2.05) is 60.0 Å². The van der Waals surface area contributed by atoms with Gasteiger partial charge in [0.15, 0.2) is 5.13 Å². The number of thiazole rings is 1. The molecule has 1 aromatic heterocycles. The Labute approximate surface area is 156 Å². The lowest BCUT2D eigenvalue weighted by atomic mass is 9.64. The van der Waals surface area contributed by atoms with Crippen molar-refractivity contribution in [2.45, 2.75) is 24.7 Å². The van der Waals surface area contributed by atoms with Crippen molar-refractivity contribution < 1.29 is 9.53 Å². The van der Waals surface area contributed by atoms with Crippen LogP contribution in [-0.4, -0.2) is 18.0 Å². The molecule has 5 heteroatoms. The summed E-state index contributed by atoms with van der Waals surface area (Å²) in [6, 6.07) is 17.8. The normalized spacial score (nSPS) is 15.1. The average molecular weight is 364 g/mol. The molecule has 0 atom stereocenters. The number of para-hydroxylation sites is 1. The van der Waals surface area contributed by atoms with E-state index in [2.05, 4.69) is 10.3 Å². The predicted molar refractivity (Wildman–Crippen MR) is 105 cm³/mol. The summed E-state index contributed by atoms with van der Waals surface area (Å²) >= 11 is 1.44. The molecule has 132 valence electrons. The minimum atomic E-state index is -0.419. The SMILES string of the molecule is COc1ccccc1-c1csc(NC(=O)C2(c3ccccc3)CCC2)n1. The van der Waals surface area contributed by atoms with E-state index in [9.17, 15) is 4.79 Å². The lowest BCUT2D eigenvalue weighted by molar-refractivity contribution is -0.124. The number of amides is 1. The van der Waals surface area contributed by atoms with Gasteiger partial charge < -0.3 is 10.1 Å². The second-order valence-corrected chi connectivity index (χ2v) is 7.35. The van der Waals surface area contributed by atoms with Crippen LogP contribution in [0, 0.1) is 0 Å². The molecule has 1 saturated carbocycles. The summed E-state index contributed by atoms with van der Waals surface area (Å²) < 4.78 is 5.41. The summed E-state index contributed by atoms with van der Waals surface area (Å²) in [6.45, 7) is 0. The molecule has 0 radical (unpaired) electrons. The Morgan fingerprint density at radius 1 is 1.12 bits per heavy atom. The number of rotatable bonds is 5. The minimum Gasteiger partial charge on any atom is -0.496 e.